The summed E-state index contributed by atoms with van der Waals surface area (Å²) < 4.78 is 7.61. The average Bonchev–Trinajstić information content (AvgIpc) is 3.16. The summed E-state index contributed by atoms with van der Waals surface area (Å²) in [6.07, 6.45) is 2.52. The molecular weight excluding hydrogens is 320 g/mol. The van der Waals surface area contributed by atoms with E-state index in [9.17, 15) is 0 Å². The van der Waals surface area contributed by atoms with E-state index in [1.165, 1.54) is 11.3 Å². The molecule has 1 fully saturated rings. The lowest BCUT2D eigenvalue weighted by Gasteiger charge is -2.14. The van der Waals surface area contributed by atoms with Crippen molar-refractivity contribution in [2.75, 3.05) is 18.5 Å². The number of hydrogen-bond acceptors (Lipinski definition) is 3. The van der Waals surface area contributed by atoms with Crippen LogP contribution in [0.4, 0.5) is 5.69 Å². The molecule has 2 aromatic rings. The molecule has 128 valence electrons. The fourth-order valence-electron chi connectivity index (χ4n) is 2.94. The minimum Gasteiger partial charge on any atom is -0.376 e. The Morgan fingerprint density at radius 2 is 2.25 bits per heavy atom. The Morgan fingerprint density at radius 3 is 2.96 bits per heavy atom. The molecule has 1 saturated heterocycles. The van der Waals surface area contributed by atoms with E-state index < -0.39 is 0 Å². The summed E-state index contributed by atoms with van der Waals surface area (Å²) in [6, 6.07) is 10.4. The number of hydrogen-bond donors (Lipinski definition) is 2. The maximum absolute atomic E-state index is 5.59. The maximum Gasteiger partial charge on any atom is 0.170 e. The molecule has 5 nitrogen and oxygen atoms in total. The van der Waals surface area contributed by atoms with Crippen molar-refractivity contribution in [3.8, 4) is 0 Å². The molecular formula is C18H24N4OS. The van der Waals surface area contributed by atoms with Crippen molar-refractivity contribution in [3.05, 3.63) is 47.3 Å². The molecule has 6 heteroatoms. The average molecular weight is 344 g/mol. The Labute approximate surface area is 148 Å². The fourth-order valence-corrected chi connectivity index (χ4v) is 3.14. The predicted octanol–water partition coefficient (Wildman–Crippen LogP) is 3.01. The highest BCUT2D eigenvalue weighted by Gasteiger charge is 2.15. The number of nitrogens with one attached hydrogen (secondary N) is 2. The summed E-state index contributed by atoms with van der Waals surface area (Å²) in [5, 5.41) is 11.6. The van der Waals surface area contributed by atoms with Gasteiger partial charge >= 0.3 is 0 Å². The molecule has 3 rings (SSSR count). The standard InChI is InChI=1S/C18H24N4OS/c1-13-9-14(2)22(21-13)12-15-5-3-6-16(10-15)20-18(24)19-11-17-7-4-8-23-17/h3,5-6,9-10,17H,4,7-8,11-12H2,1-2H3,(H2,19,20,24). The summed E-state index contributed by atoms with van der Waals surface area (Å²) >= 11 is 5.37. The van der Waals surface area contributed by atoms with Crippen molar-refractivity contribution in [2.24, 2.45) is 0 Å². The van der Waals surface area contributed by atoms with Gasteiger partial charge in [0.15, 0.2) is 5.11 Å². The second-order valence-corrected chi connectivity index (χ2v) is 6.66. The first-order valence-corrected chi connectivity index (χ1v) is 8.77. The molecule has 2 heterocycles. The number of anilines is 1. The normalized spacial score (nSPS) is 17.0. The summed E-state index contributed by atoms with van der Waals surface area (Å²) in [4.78, 5) is 0. The third-order valence-corrected chi connectivity index (χ3v) is 4.38. The van der Waals surface area contributed by atoms with Gasteiger partial charge in [0.2, 0.25) is 0 Å². The SMILES string of the molecule is Cc1cc(C)n(Cc2cccc(NC(=S)NCC3CCCO3)c2)n1. The van der Waals surface area contributed by atoms with Gasteiger partial charge in [-0.3, -0.25) is 4.68 Å². The van der Waals surface area contributed by atoms with Gasteiger partial charge in [0.1, 0.15) is 0 Å². The van der Waals surface area contributed by atoms with Crippen LogP contribution < -0.4 is 10.6 Å². The number of benzene rings is 1. The van der Waals surface area contributed by atoms with E-state index in [2.05, 4.69) is 40.9 Å². The molecule has 1 aromatic carbocycles. The van der Waals surface area contributed by atoms with Gasteiger partial charge in [0.05, 0.1) is 18.3 Å². The topological polar surface area (TPSA) is 51.1 Å². The highest BCUT2D eigenvalue weighted by Crippen LogP contribution is 2.14. The number of thiocarbonyl (C=S) groups is 1. The minimum absolute atomic E-state index is 0.280. The van der Waals surface area contributed by atoms with Crippen molar-refractivity contribution in [3.63, 3.8) is 0 Å². The highest BCUT2D eigenvalue weighted by molar-refractivity contribution is 7.80. The van der Waals surface area contributed by atoms with E-state index in [1.807, 2.05) is 23.7 Å². The summed E-state index contributed by atoms with van der Waals surface area (Å²) in [6.45, 7) is 6.47. The number of ether oxygens (including phenoxy) is 1. The molecule has 0 amide bonds. The molecule has 1 atom stereocenters. The van der Waals surface area contributed by atoms with E-state index in [0.717, 1.165) is 43.9 Å². The molecule has 1 aliphatic heterocycles. The zero-order chi connectivity index (χ0) is 16.9. The van der Waals surface area contributed by atoms with Gasteiger partial charge in [0, 0.05) is 24.5 Å². The first-order chi connectivity index (χ1) is 11.6. The number of aromatic nitrogens is 2. The van der Waals surface area contributed by atoms with Crippen LogP contribution in [0.5, 0.6) is 0 Å². The molecule has 0 bridgehead atoms. The van der Waals surface area contributed by atoms with Crippen molar-refractivity contribution in [2.45, 2.75) is 39.3 Å². The van der Waals surface area contributed by atoms with Crippen molar-refractivity contribution in [1.82, 2.24) is 15.1 Å². The quantitative estimate of drug-likeness (QED) is 0.817. The van der Waals surface area contributed by atoms with Crippen molar-refractivity contribution >= 4 is 23.0 Å². The molecule has 0 saturated carbocycles. The number of nitrogens with zero attached hydrogens (tertiary/aromatic N) is 2. The zero-order valence-electron chi connectivity index (χ0n) is 14.2. The number of rotatable bonds is 5. The Bertz CT molecular complexity index is 707. The van der Waals surface area contributed by atoms with E-state index in [4.69, 9.17) is 17.0 Å². The van der Waals surface area contributed by atoms with Crippen LogP contribution in [0.25, 0.3) is 0 Å². The van der Waals surface area contributed by atoms with Gasteiger partial charge in [-0.15, -0.1) is 0 Å². The molecule has 0 radical (unpaired) electrons. The predicted molar refractivity (Wildman–Crippen MR) is 100 cm³/mol. The van der Waals surface area contributed by atoms with Gasteiger partial charge in [-0.05, 0) is 62.7 Å². The van der Waals surface area contributed by atoms with Gasteiger partial charge in [-0.1, -0.05) is 12.1 Å². The van der Waals surface area contributed by atoms with E-state index in [1.54, 1.807) is 0 Å². The molecule has 0 aliphatic carbocycles. The van der Waals surface area contributed by atoms with Crippen LogP contribution in [0.2, 0.25) is 0 Å². The van der Waals surface area contributed by atoms with Gasteiger partial charge in [-0.2, -0.15) is 5.10 Å². The Balaban J connectivity index is 1.56. The lowest BCUT2D eigenvalue weighted by molar-refractivity contribution is 0.114. The Morgan fingerprint density at radius 1 is 1.38 bits per heavy atom. The Kier molecular flexibility index (Phi) is 5.48. The lowest BCUT2D eigenvalue weighted by Crippen LogP contribution is -2.34. The van der Waals surface area contributed by atoms with Crippen LogP contribution in [0.3, 0.4) is 0 Å². The van der Waals surface area contributed by atoms with Crippen LogP contribution in [0, 0.1) is 13.8 Å². The summed E-state index contributed by atoms with van der Waals surface area (Å²) in [5.74, 6) is 0. The second-order valence-electron chi connectivity index (χ2n) is 6.26. The smallest absolute Gasteiger partial charge is 0.170 e. The zero-order valence-corrected chi connectivity index (χ0v) is 15.0. The first-order valence-electron chi connectivity index (χ1n) is 8.36. The molecule has 1 unspecified atom stereocenters. The molecule has 0 spiro atoms. The monoisotopic (exact) mass is 344 g/mol. The lowest BCUT2D eigenvalue weighted by atomic mass is 10.2. The Hall–Kier alpha value is -1.92. The highest BCUT2D eigenvalue weighted by atomic mass is 32.1. The van der Waals surface area contributed by atoms with Gasteiger partial charge in [0.25, 0.3) is 0 Å². The second kappa shape index (κ2) is 7.77. The minimum atomic E-state index is 0.280. The maximum atomic E-state index is 5.59. The van der Waals surface area contributed by atoms with E-state index in [0.29, 0.717) is 5.11 Å². The fraction of sp³-hybridized carbons (Fsp3) is 0.444. The van der Waals surface area contributed by atoms with Crippen LogP contribution in [0.15, 0.2) is 30.3 Å². The van der Waals surface area contributed by atoms with Crippen LogP contribution in [-0.2, 0) is 11.3 Å². The molecule has 2 N–H and O–H groups in total. The number of aryl methyl sites for hydroxylation is 2. The van der Waals surface area contributed by atoms with Gasteiger partial charge in [-0.25, -0.2) is 0 Å². The third kappa shape index (κ3) is 4.55. The molecule has 1 aliphatic rings. The molecule has 1 aromatic heterocycles. The van der Waals surface area contributed by atoms with Crippen molar-refractivity contribution in [1.29, 1.82) is 0 Å². The van der Waals surface area contributed by atoms with Crippen molar-refractivity contribution < 1.29 is 4.74 Å². The van der Waals surface area contributed by atoms with E-state index >= 15 is 0 Å². The van der Waals surface area contributed by atoms with Gasteiger partial charge < -0.3 is 15.4 Å². The summed E-state index contributed by atoms with van der Waals surface area (Å²) in [7, 11) is 0. The molecule has 24 heavy (non-hydrogen) atoms. The summed E-state index contributed by atoms with van der Waals surface area (Å²) in [5.41, 5.74) is 4.38. The van der Waals surface area contributed by atoms with Crippen LogP contribution >= 0.6 is 12.2 Å². The third-order valence-electron chi connectivity index (χ3n) is 4.13. The first kappa shape index (κ1) is 16.9. The van der Waals surface area contributed by atoms with E-state index in [-0.39, 0.29) is 6.10 Å². The van der Waals surface area contributed by atoms with Crippen LogP contribution in [-0.4, -0.2) is 34.1 Å². The largest absolute Gasteiger partial charge is 0.376 e. The van der Waals surface area contributed by atoms with Crippen LogP contribution in [0.1, 0.15) is 29.8 Å².